The van der Waals surface area contributed by atoms with Gasteiger partial charge in [0.15, 0.2) is 0 Å². The first-order valence-electron chi connectivity index (χ1n) is 8.05. The van der Waals surface area contributed by atoms with Crippen molar-refractivity contribution >= 4 is 11.3 Å². The molecule has 2 aromatic rings. The van der Waals surface area contributed by atoms with Gasteiger partial charge in [-0.25, -0.2) is 0 Å². The van der Waals surface area contributed by atoms with E-state index in [1.54, 1.807) is 25.4 Å². The third-order valence-corrected chi connectivity index (χ3v) is 5.18. The second-order valence-corrected chi connectivity index (χ2v) is 7.03. The van der Waals surface area contributed by atoms with Gasteiger partial charge >= 0.3 is 0 Å². The third kappa shape index (κ3) is 3.96. The highest BCUT2D eigenvalue weighted by Gasteiger charge is 2.43. The van der Waals surface area contributed by atoms with Crippen LogP contribution in [0.3, 0.4) is 0 Å². The van der Waals surface area contributed by atoms with Crippen molar-refractivity contribution in [3.05, 3.63) is 46.2 Å². The molecular formula is C18H22O6S. The predicted molar refractivity (Wildman–Crippen MR) is 93.1 cm³/mol. The number of thiophene rings is 1. The Labute approximate surface area is 150 Å². The van der Waals surface area contributed by atoms with Gasteiger partial charge in [0.25, 0.3) is 0 Å². The van der Waals surface area contributed by atoms with Crippen molar-refractivity contribution in [2.45, 2.75) is 44.1 Å². The van der Waals surface area contributed by atoms with E-state index in [9.17, 15) is 15.3 Å². The Morgan fingerprint density at radius 3 is 2.44 bits per heavy atom. The summed E-state index contributed by atoms with van der Waals surface area (Å²) in [6.07, 6.45) is -4.77. The molecule has 1 aromatic carbocycles. The summed E-state index contributed by atoms with van der Waals surface area (Å²) in [7, 11) is 1.63. The molecule has 0 bridgehead atoms. The lowest BCUT2D eigenvalue weighted by molar-refractivity contribution is -0.268. The summed E-state index contributed by atoms with van der Waals surface area (Å²) in [4.78, 5) is 0.981. The Morgan fingerprint density at radius 2 is 1.76 bits per heavy atom. The van der Waals surface area contributed by atoms with Gasteiger partial charge in [0, 0.05) is 6.42 Å². The fourth-order valence-corrected chi connectivity index (χ4v) is 3.57. The summed E-state index contributed by atoms with van der Waals surface area (Å²) in [5, 5.41) is 31.6. The quantitative estimate of drug-likeness (QED) is 0.744. The Morgan fingerprint density at radius 1 is 1.04 bits per heavy atom. The molecule has 1 aliphatic heterocycles. The molecule has 1 saturated heterocycles. The highest BCUT2D eigenvalue weighted by Crippen LogP contribution is 2.31. The molecule has 7 heteroatoms. The van der Waals surface area contributed by atoms with Gasteiger partial charge in [0.1, 0.15) is 29.8 Å². The highest BCUT2D eigenvalue weighted by atomic mass is 32.1. The van der Waals surface area contributed by atoms with Crippen LogP contribution in [0.1, 0.15) is 17.4 Å². The first-order valence-corrected chi connectivity index (χ1v) is 8.93. The molecular weight excluding hydrogens is 344 g/mol. The second-order valence-electron chi connectivity index (χ2n) is 6.03. The van der Waals surface area contributed by atoms with Gasteiger partial charge in [-0.1, -0.05) is 12.1 Å². The van der Waals surface area contributed by atoms with Crippen LogP contribution >= 0.6 is 11.3 Å². The molecule has 0 radical (unpaired) electrons. The number of benzene rings is 1. The molecule has 6 nitrogen and oxygen atoms in total. The largest absolute Gasteiger partial charge is 0.497 e. The van der Waals surface area contributed by atoms with Crippen LogP contribution in [0.5, 0.6) is 11.5 Å². The zero-order valence-electron chi connectivity index (χ0n) is 14.0. The average molecular weight is 366 g/mol. The summed E-state index contributed by atoms with van der Waals surface area (Å²) in [6.45, 7) is 1.63. The molecule has 25 heavy (non-hydrogen) atoms. The smallest absolute Gasteiger partial charge is 0.229 e. The number of hydrogen-bond acceptors (Lipinski definition) is 7. The fraction of sp³-hybridized carbons (Fsp3) is 0.444. The Balaban J connectivity index is 1.71. The van der Waals surface area contributed by atoms with Gasteiger partial charge < -0.3 is 29.5 Å². The Bertz CT molecular complexity index is 685. The Hall–Kier alpha value is -1.64. The zero-order chi connectivity index (χ0) is 18.0. The summed E-state index contributed by atoms with van der Waals surface area (Å²) in [5.74, 6) is 1.40. The van der Waals surface area contributed by atoms with Crippen molar-refractivity contribution < 1.29 is 29.5 Å². The number of aliphatic hydroxyl groups is 3. The van der Waals surface area contributed by atoms with Crippen molar-refractivity contribution in [1.29, 1.82) is 0 Å². The van der Waals surface area contributed by atoms with Crippen LogP contribution in [-0.4, -0.2) is 53.1 Å². The van der Waals surface area contributed by atoms with Gasteiger partial charge in [0.05, 0.1) is 18.1 Å². The maximum absolute atomic E-state index is 10.1. The topological polar surface area (TPSA) is 88.4 Å². The van der Waals surface area contributed by atoms with Crippen LogP contribution in [0.2, 0.25) is 0 Å². The van der Waals surface area contributed by atoms with Gasteiger partial charge in [-0.15, -0.1) is 11.3 Å². The number of rotatable bonds is 5. The zero-order valence-corrected chi connectivity index (χ0v) is 14.8. The van der Waals surface area contributed by atoms with Crippen LogP contribution in [0.25, 0.3) is 0 Å². The van der Waals surface area contributed by atoms with Crippen molar-refractivity contribution in [3.8, 4) is 11.5 Å². The van der Waals surface area contributed by atoms with Crippen molar-refractivity contribution in [3.63, 3.8) is 0 Å². The van der Waals surface area contributed by atoms with Crippen LogP contribution in [0.15, 0.2) is 35.7 Å². The minimum atomic E-state index is -1.32. The van der Waals surface area contributed by atoms with Crippen LogP contribution in [-0.2, 0) is 11.2 Å². The maximum atomic E-state index is 10.1. The molecule has 5 unspecified atom stereocenters. The van der Waals surface area contributed by atoms with E-state index >= 15 is 0 Å². The Kier molecular flexibility index (Phi) is 5.61. The number of hydrogen-bond donors (Lipinski definition) is 3. The fourth-order valence-electron chi connectivity index (χ4n) is 2.73. The second kappa shape index (κ2) is 7.72. The van der Waals surface area contributed by atoms with E-state index in [2.05, 4.69) is 0 Å². The SMILES string of the molecule is COc1ccc(Cc2sccc2OC2OC(C)C(O)C(O)C2O)cc1. The van der Waals surface area contributed by atoms with E-state index in [-0.39, 0.29) is 0 Å². The van der Waals surface area contributed by atoms with E-state index in [0.29, 0.717) is 12.2 Å². The van der Waals surface area contributed by atoms with Crippen molar-refractivity contribution in [2.24, 2.45) is 0 Å². The van der Waals surface area contributed by atoms with E-state index in [1.165, 1.54) is 0 Å². The molecule has 0 aliphatic carbocycles. The van der Waals surface area contributed by atoms with E-state index in [4.69, 9.17) is 14.2 Å². The predicted octanol–water partition coefficient (Wildman–Crippen LogP) is 1.55. The lowest BCUT2D eigenvalue weighted by atomic mass is 10.00. The lowest BCUT2D eigenvalue weighted by Gasteiger charge is -2.38. The normalized spacial score (nSPS) is 29.4. The summed E-state index contributed by atoms with van der Waals surface area (Å²) in [6, 6.07) is 9.57. The van der Waals surface area contributed by atoms with Crippen molar-refractivity contribution in [2.75, 3.05) is 7.11 Å². The van der Waals surface area contributed by atoms with Crippen LogP contribution < -0.4 is 9.47 Å². The molecule has 3 rings (SSSR count). The van der Waals surface area contributed by atoms with E-state index < -0.39 is 30.7 Å². The minimum absolute atomic E-state index is 0.598. The molecule has 1 aliphatic rings. The lowest BCUT2D eigenvalue weighted by Crippen LogP contribution is -2.58. The molecule has 2 heterocycles. The van der Waals surface area contributed by atoms with Crippen LogP contribution in [0.4, 0.5) is 0 Å². The summed E-state index contributed by atoms with van der Waals surface area (Å²) in [5.41, 5.74) is 1.10. The van der Waals surface area contributed by atoms with Crippen LogP contribution in [0, 0.1) is 0 Å². The van der Waals surface area contributed by atoms with E-state index in [1.807, 2.05) is 35.7 Å². The summed E-state index contributed by atoms with van der Waals surface area (Å²) >= 11 is 1.54. The molecule has 0 spiro atoms. The first-order chi connectivity index (χ1) is 12.0. The standard InChI is InChI=1S/C18H22O6S/c1-10-15(19)16(20)17(21)18(23-10)24-13-7-8-25-14(13)9-11-3-5-12(22-2)6-4-11/h3-8,10,15-21H,9H2,1-2H3. The van der Waals surface area contributed by atoms with Gasteiger partial charge in [0.2, 0.25) is 6.29 Å². The molecule has 1 fully saturated rings. The molecule has 1 aromatic heterocycles. The van der Waals surface area contributed by atoms with Gasteiger partial charge in [-0.05, 0) is 36.1 Å². The third-order valence-electron chi connectivity index (χ3n) is 4.28. The van der Waals surface area contributed by atoms with Gasteiger partial charge in [-0.3, -0.25) is 0 Å². The average Bonchev–Trinajstić information content (AvgIpc) is 3.05. The molecule has 3 N–H and O–H groups in total. The van der Waals surface area contributed by atoms with Crippen molar-refractivity contribution in [1.82, 2.24) is 0 Å². The van der Waals surface area contributed by atoms with E-state index in [0.717, 1.165) is 16.2 Å². The number of ether oxygens (including phenoxy) is 3. The minimum Gasteiger partial charge on any atom is -0.497 e. The summed E-state index contributed by atoms with van der Waals surface area (Å²) < 4.78 is 16.4. The number of methoxy groups -OCH3 is 1. The molecule has 5 atom stereocenters. The maximum Gasteiger partial charge on any atom is 0.229 e. The molecule has 0 amide bonds. The number of aliphatic hydroxyl groups excluding tert-OH is 3. The molecule has 0 saturated carbocycles. The monoisotopic (exact) mass is 366 g/mol. The molecule has 136 valence electrons. The first kappa shape index (κ1) is 18.2. The highest BCUT2D eigenvalue weighted by molar-refractivity contribution is 7.10. The van der Waals surface area contributed by atoms with Gasteiger partial charge in [-0.2, -0.15) is 0 Å².